The van der Waals surface area contributed by atoms with Gasteiger partial charge in [-0.1, -0.05) is 19.6 Å². The minimum absolute atomic E-state index is 0.0229. The lowest BCUT2D eigenvalue weighted by molar-refractivity contribution is 0.0498. The van der Waals surface area contributed by atoms with Crippen molar-refractivity contribution in [1.82, 2.24) is 5.32 Å². The number of aliphatic hydroxyl groups excluding tert-OH is 1. The summed E-state index contributed by atoms with van der Waals surface area (Å²) < 4.78 is 5.19. The summed E-state index contributed by atoms with van der Waals surface area (Å²) in [5.74, 6) is 3.11. The van der Waals surface area contributed by atoms with E-state index in [0.29, 0.717) is 12.8 Å². The van der Waals surface area contributed by atoms with Gasteiger partial charge in [0.2, 0.25) is 0 Å². The Kier molecular flexibility index (Phi) is 7.17. The highest BCUT2D eigenvalue weighted by Crippen LogP contribution is 2.08. The Labute approximate surface area is 117 Å². The standard InChI is InChI=1S/C14H27NO3Si/c1-14(2,3)18-13(17)15-12(9-10-16)8-7-11-19(4,5)6/h12,16H,8-10H2,1-6H3,(H,15,17)/t12-/m0/s1. The van der Waals surface area contributed by atoms with E-state index in [4.69, 9.17) is 9.84 Å². The molecule has 0 heterocycles. The first-order chi connectivity index (χ1) is 8.53. The quantitative estimate of drug-likeness (QED) is 0.616. The number of aliphatic hydroxyl groups is 1. The maximum absolute atomic E-state index is 11.6. The summed E-state index contributed by atoms with van der Waals surface area (Å²) in [7, 11) is -1.39. The summed E-state index contributed by atoms with van der Waals surface area (Å²) >= 11 is 0. The van der Waals surface area contributed by atoms with Crippen LogP contribution in [0.25, 0.3) is 0 Å². The van der Waals surface area contributed by atoms with Crippen LogP contribution in [-0.2, 0) is 4.74 Å². The van der Waals surface area contributed by atoms with Crippen LogP contribution in [0.3, 0.4) is 0 Å². The SMILES string of the molecule is CC(C)(C)OC(=O)N[C@@H](CC#C[Si](C)(C)C)CCO. The number of hydrogen-bond donors (Lipinski definition) is 2. The van der Waals surface area contributed by atoms with Crippen LogP contribution in [-0.4, -0.2) is 37.5 Å². The van der Waals surface area contributed by atoms with E-state index in [-0.39, 0.29) is 12.6 Å². The Morgan fingerprint density at radius 2 is 1.95 bits per heavy atom. The van der Waals surface area contributed by atoms with Crippen molar-refractivity contribution >= 4 is 14.2 Å². The molecule has 0 aromatic carbocycles. The molecule has 110 valence electrons. The number of alkyl carbamates (subject to hydrolysis) is 1. The maximum Gasteiger partial charge on any atom is 0.407 e. The number of carbonyl (C=O) groups excluding carboxylic acids is 1. The van der Waals surface area contributed by atoms with Gasteiger partial charge < -0.3 is 15.2 Å². The fourth-order valence-corrected chi connectivity index (χ4v) is 1.93. The summed E-state index contributed by atoms with van der Waals surface area (Å²) in [4.78, 5) is 11.6. The molecule has 19 heavy (non-hydrogen) atoms. The Morgan fingerprint density at radius 1 is 1.37 bits per heavy atom. The zero-order valence-electron chi connectivity index (χ0n) is 13.0. The van der Waals surface area contributed by atoms with Gasteiger partial charge in [0.1, 0.15) is 13.7 Å². The highest BCUT2D eigenvalue weighted by atomic mass is 28.3. The monoisotopic (exact) mass is 285 g/mol. The molecule has 4 nitrogen and oxygen atoms in total. The number of nitrogens with one attached hydrogen (secondary N) is 1. The van der Waals surface area contributed by atoms with E-state index < -0.39 is 19.8 Å². The van der Waals surface area contributed by atoms with E-state index in [0.717, 1.165) is 0 Å². The van der Waals surface area contributed by atoms with E-state index in [2.05, 4.69) is 36.4 Å². The smallest absolute Gasteiger partial charge is 0.407 e. The molecule has 5 heteroatoms. The molecule has 0 saturated carbocycles. The van der Waals surface area contributed by atoms with Crippen molar-refractivity contribution in [3.05, 3.63) is 0 Å². The molecule has 0 aromatic rings. The Morgan fingerprint density at radius 3 is 2.37 bits per heavy atom. The van der Waals surface area contributed by atoms with E-state index in [1.165, 1.54) is 0 Å². The third-order valence-corrected chi connectivity index (χ3v) is 2.94. The second-order valence-electron chi connectivity index (χ2n) is 6.61. The van der Waals surface area contributed by atoms with Crippen LogP contribution in [0.2, 0.25) is 19.6 Å². The summed E-state index contributed by atoms with van der Waals surface area (Å²) in [5, 5.41) is 11.8. The van der Waals surface area contributed by atoms with E-state index in [1.807, 2.05) is 20.8 Å². The fraction of sp³-hybridized carbons (Fsp3) is 0.786. The highest BCUT2D eigenvalue weighted by Gasteiger charge is 2.19. The lowest BCUT2D eigenvalue weighted by Crippen LogP contribution is -2.39. The van der Waals surface area contributed by atoms with Gasteiger partial charge in [-0.25, -0.2) is 4.79 Å². The molecule has 0 fully saturated rings. The van der Waals surface area contributed by atoms with Crippen molar-refractivity contribution in [1.29, 1.82) is 0 Å². The number of rotatable bonds is 4. The number of amides is 1. The molecule has 0 bridgehead atoms. The molecule has 1 atom stereocenters. The average molecular weight is 285 g/mol. The number of carbonyl (C=O) groups is 1. The summed E-state index contributed by atoms with van der Waals surface area (Å²) in [6, 6.07) is -0.163. The zero-order chi connectivity index (χ0) is 15.1. The fourth-order valence-electron chi connectivity index (χ4n) is 1.29. The minimum Gasteiger partial charge on any atom is -0.444 e. The van der Waals surface area contributed by atoms with E-state index >= 15 is 0 Å². The molecule has 0 aromatic heterocycles. The lowest BCUT2D eigenvalue weighted by Gasteiger charge is -2.22. The van der Waals surface area contributed by atoms with Gasteiger partial charge in [0, 0.05) is 19.1 Å². The predicted molar refractivity (Wildman–Crippen MR) is 80.6 cm³/mol. The summed E-state index contributed by atoms with van der Waals surface area (Å²) in [6.45, 7) is 12.0. The van der Waals surface area contributed by atoms with Crippen LogP contribution < -0.4 is 5.32 Å². The normalized spacial score (nSPS) is 13.2. The third-order valence-electron chi connectivity index (χ3n) is 2.01. The molecule has 0 aliphatic carbocycles. The summed E-state index contributed by atoms with van der Waals surface area (Å²) in [6.07, 6.45) is 0.574. The van der Waals surface area contributed by atoms with Gasteiger partial charge in [0.25, 0.3) is 0 Å². The van der Waals surface area contributed by atoms with Crippen LogP contribution in [0.5, 0.6) is 0 Å². The van der Waals surface area contributed by atoms with Crippen molar-refractivity contribution in [2.24, 2.45) is 0 Å². The topological polar surface area (TPSA) is 58.6 Å². The largest absolute Gasteiger partial charge is 0.444 e. The molecule has 0 aliphatic heterocycles. The second-order valence-corrected chi connectivity index (χ2v) is 11.4. The Balaban J connectivity index is 4.40. The van der Waals surface area contributed by atoms with Gasteiger partial charge in [0.05, 0.1) is 0 Å². The van der Waals surface area contributed by atoms with E-state index in [9.17, 15) is 4.79 Å². The summed E-state index contributed by atoms with van der Waals surface area (Å²) in [5.41, 5.74) is 2.73. The molecule has 0 rings (SSSR count). The van der Waals surface area contributed by atoms with Crippen LogP contribution in [0, 0.1) is 11.5 Å². The van der Waals surface area contributed by atoms with Gasteiger partial charge in [-0.2, -0.15) is 0 Å². The molecule has 0 saturated heterocycles. The lowest BCUT2D eigenvalue weighted by atomic mass is 10.1. The van der Waals surface area contributed by atoms with Gasteiger partial charge in [-0.05, 0) is 27.2 Å². The van der Waals surface area contributed by atoms with Crippen LogP contribution in [0.1, 0.15) is 33.6 Å². The molecule has 0 aliphatic rings. The van der Waals surface area contributed by atoms with Crippen LogP contribution in [0.4, 0.5) is 4.79 Å². The predicted octanol–water partition coefficient (Wildman–Crippen LogP) is 2.53. The van der Waals surface area contributed by atoms with Gasteiger partial charge >= 0.3 is 6.09 Å². The molecule has 0 spiro atoms. The maximum atomic E-state index is 11.6. The van der Waals surface area contributed by atoms with E-state index in [1.54, 1.807) is 0 Å². The first-order valence-corrected chi connectivity index (χ1v) is 10.1. The van der Waals surface area contributed by atoms with Crippen molar-refractivity contribution in [2.75, 3.05) is 6.61 Å². The molecular weight excluding hydrogens is 258 g/mol. The van der Waals surface area contributed by atoms with Crippen LogP contribution in [0.15, 0.2) is 0 Å². The van der Waals surface area contributed by atoms with Crippen molar-refractivity contribution in [2.45, 2.75) is 64.9 Å². The second kappa shape index (κ2) is 7.56. The van der Waals surface area contributed by atoms with Gasteiger partial charge in [-0.3, -0.25) is 0 Å². The molecule has 1 amide bonds. The van der Waals surface area contributed by atoms with Crippen molar-refractivity contribution in [3.63, 3.8) is 0 Å². The molecule has 0 radical (unpaired) electrons. The van der Waals surface area contributed by atoms with Crippen LogP contribution >= 0.6 is 0 Å². The molecule has 0 unspecified atom stereocenters. The first kappa shape index (κ1) is 18.0. The zero-order valence-corrected chi connectivity index (χ0v) is 14.0. The number of hydrogen-bond acceptors (Lipinski definition) is 3. The van der Waals surface area contributed by atoms with Crippen molar-refractivity contribution < 1.29 is 14.6 Å². The Bertz CT molecular complexity index is 344. The average Bonchev–Trinajstić information content (AvgIpc) is 2.12. The van der Waals surface area contributed by atoms with Gasteiger partial charge in [0.15, 0.2) is 0 Å². The Hall–Kier alpha value is -0.993. The highest BCUT2D eigenvalue weighted by molar-refractivity contribution is 6.83. The van der Waals surface area contributed by atoms with Gasteiger partial charge in [-0.15, -0.1) is 11.5 Å². The molecular formula is C14H27NO3Si. The van der Waals surface area contributed by atoms with Crippen molar-refractivity contribution in [3.8, 4) is 11.5 Å². The first-order valence-electron chi connectivity index (χ1n) is 6.64. The number of ether oxygens (including phenoxy) is 1. The third kappa shape index (κ3) is 11.8. The molecule has 2 N–H and O–H groups in total. The minimum atomic E-state index is -1.39.